The van der Waals surface area contributed by atoms with Crippen LogP contribution < -0.4 is 0 Å². The first kappa shape index (κ1) is 14.8. The maximum atomic E-state index is 10.8. The Morgan fingerprint density at radius 2 is 1.91 bits per heavy atom. The molecule has 0 bridgehead atoms. The Morgan fingerprint density at radius 3 is 2.61 bits per heavy atom. The van der Waals surface area contributed by atoms with Crippen LogP contribution in [0.5, 0.6) is 0 Å². The van der Waals surface area contributed by atoms with Crippen molar-refractivity contribution in [1.29, 1.82) is 0 Å². The number of hydrogen-bond donors (Lipinski definition) is 1. The van der Waals surface area contributed by atoms with Crippen LogP contribution in [0.3, 0.4) is 0 Å². The summed E-state index contributed by atoms with van der Waals surface area (Å²) in [6, 6.07) is 17.7. The van der Waals surface area contributed by atoms with E-state index in [4.69, 9.17) is 5.11 Å². The zero-order chi connectivity index (χ0) is 16.2. The van der Waals surface area contributed by atoms with Gasteiger partial charge in [-0.1, -0.05) is 42.0 Å². The van der Waals surface area contributed by atoms with Gasteiger partial charge in [0.2, 0.25) is 0 Å². The second kappa shape index (κ2) is 6.32. The predicted octanol–water partition coefficient (Wildman–Crippen LogP) is 3.95. The highest BCUT2D eigenvalue weighted by atomic mass is 16.4. The van der Waals surface area contributed by atoms with Gasteiger partial charge in [0.05, 0.1) is 11.4 Å². The first-order valence-corrected chi connectivity index (χ1v) is 7.26. The van der Waals surface area contributed by atoms with Crippen LogP contribution in [-0.2, 0) is 4.79 Å². The summed E-state index contributed by atoms with van der Waals surface area (Å²) in [5, 5.41) is 13.5. The number of aryl methyl sites for hydroxylation is 1. The molecule has 0 spiro atoms. The molecule has 0 radical (unpaired) electrons. The van der Waals surface area contributed by atoms with Crippen LogP contribution in [0, 0.1) is 6.92 Å². The number of para-hydroxylation sites is 1. The number of rotatable bonds is 4. The van der Waals surface area contributed by atoms with Gasteiger partial charge < -0.3 is 5.11 Å². The minimum absolute atomic E-state index is 0.759. The topological polar surface area (TPSA) is 55.1 Å². The molecule has 4 heteroatoms. The third-order valence-electron chi connectivity index (χ3n) is 3.46. The van der Waals surface area contributed by atoms with E-state index in [0.717, 1.165) is 34.1 Å². The van der Waals surface area contributed by atoms with Crippen LogP contribution >= 0.6 is 0 Å². The lowest BCUT2D eigenvalue weighted by Gasteiger charge is -2.01. The lowest BCUT2D eigenvalue weighted by molar-refractivity contribution is -0.131. The molecule has 0 fully saturated rings. The largest absolute Gasteiger partial charge is 0.478 e. The maximum Gasteiger partial charge on any atom is 0.328 e. The molecule has 1 heterocycles. The van der Waals surface area contributed by atoms with Crippen LogP contribution in [0.2, 0.25) is 0 Å². The number of benzene rings is 2. The van der Waals surface area contributed by atoms with Crippen LogP contribution in [-0.4, -0.2) is 20.9 Å². The zero-order valence-corrected chi connectivity index (χ0v) is 12.7. The lowest BCUT2D eigenvalue weighted by atomic mass is 10.1. The third-order valence-corrected chi connectivity index (χ3v) is 3.46. The molecule has 0 amide bonds. The van der Waals surface area contributed by atoms with E-state index < -0.39 is 5.97 Å². The molecule has 2 aromatic carbocycles. The molecule has 0 aliphatic rings. The average molecular weight is 304 g/mol. The third kappa shape index (κ3) is 3.37. The summed E-state index contributed by atoms with van der Waals surface area (Å²) in [4.78, 5) is 10.8. The quantitative estimate of drug-likeness (QED) is 0.743. The second-order valence-corrected chi connectivity index (χ2v) is 5.25. The molecule has 4 nitrogen and oxygen atoms in total. The molecule has 3 rings (SSSR count). The van der Waals surface area contributed by atoms with Crippen molar-refractivity contribution in [3.63, 3.8) is 0 Å². The smallest absolute Gasteiger partial charge is 0.328 e. The van der Waals surface area contributed by atoms with E-state index in [1.165, 1.54) is 0 Å². The number of aromatic nitrogens is 2. The summed E-state index contributed by atoms with van der Waals surface area (Å²) in [6.07, 6.45) is 4.55. The molecule has 1 aromatic heterocycles. The van der Waals surface area contributed by atoms with Crippen molar-refractivity contribution in [2.24, 2.45) is 0 Å². The molecular weight excluding hydrogens is 288 g/mol. The molecule has 1 N–H and O–H groups in total. The van der Waals surface area contributed by atoms with Gasteiger partial charge in [0.1, 0.15) is 0 Å². The number of nitrogens with zero attached hydrogens (tertiary/aromatic N) is 2. The fourth-order valence-electron chi connectivity index (χ4n) is 2.40. The van der Waals surface area contributed by atoms with Crippen LogP contribution in [0.25, 0.3) is 23.0 Å². The monoisotopic (exact) mass is 304 g/mol. The molecule has 0 atom stereocenters. The first-order chi connectivity index (χ1) is 11.1. The van der Waals surface area contributed by atoms with Crippen molar-refractivity contribution in [2.75, 3.05) is 0 Å². The molecule has 114 valence electrons. The fourth-order valence-corrected chi connectivity index (χ4v) is 2.40. The van der Waals surface area contributed by atoms with E-state index in [1.807, 2.05) is 67.7 Å². The highest BCUT2D eigenvalue weighted by Crippen LogP contribution is 2.25. The van der Waals surface area contributed by atoms with E-state index in [1.54, 1.807) is 10.8 Å². The number of aliphatic carboxylic acids is 1. The number of hydrogen-bond acceptors (Lipinski definition) is 2. The van der Waals surface area contributed by atoms with E-state index in [9.17, 15) is 4.79 Å². The Hall–Kier alpha value is -3.14. The van der Waals surface area contributed by atoms with Crippen molar-refractivity contribution >= 4 is 12.0 Å². The molecule has 0 unspecified atom stereocenters. The summed E-state index contributed by atoms with van der Waals surface area (Å²) >= 11 is 0. The van der Waals surface area contributed by atoms with Crippen LogP contribution in [0.15, 0.2) is 66.9 Å². The van der Waals surface area contributed by atoms with Crippen molar-refractivity contribution in [3.05, 3.63) is 78.0 Å². The molecular formula is C19H16N2O2. The Bertz CT molecular complexity index is 864. The summed E-state index contributed by atoms with van der Waals surface area (Å²) < 4.78 is 1.76. The van der Waals surface area contributed by atoms with E-state index >= 15 is 0 Å². The minimum atomic E-state index is -0.979. The SMILES string of the molecule is Cc1cccc(-c2nn(-c3ccccc3)cc2/C=C/C(=O)O)c1. The normalized spacial score (nSPS) is 11.0. The Morgan fingerprint density at radius 1 is 1.13 bits per heavy atom. The van der Waals surface area contributed by atoms with Gasteiger partial charge in [-0.25, -0.2) is 9.48 Å². The zero-order valence-electron chi connectivity index (χ0n) is 12.7. The highest BCUT2D eigenvalue weighted by Gasteiger charge is 2.10. The van der Waals surface area contributed by atoms with Crippen molar-refractivity contribution in [1.82, 2.24) is 9.78 Å². The summed E-state index contributed by atoms with van der Waals surface area (Å²) in [5.41, 5.74) is 4.54. The fraction of sp³-hybridized carbons (Fsp3) is 0.0526. The van der Waals surface area contributed by atoms with Crippen molar-refractivity contribution in [2.45, 2.75) is 6.92 Å². The van der Waals surface area contributed by atoms with E-state index in [-0.39, 0.29) is 0 Å². The Kier molecular flexibility index (Phi) is 4.06. The van der Waals surface area contributed by atoms with E-state index in [2.05, 4.69) is 5.10 Å². The lowest BCUT2D eigenvalue weighted by Crippen LogP contribution is -1.94. The molecule has 0 saturated heterocycles. The van der Waals surface area contributed by atoms with Gasteiger partial charge in [-0.2, -0.15) is 5.10 Å². The summed E-state index contributed by atoms with van der Waals surface area (Å²) in [5.74, 6) is -0.979. The Balaban J connectivity index is 2.13. The van der Waals surface area contributed by atoms with Gasteiger partial charge >= 0.3 is 5.97 Å². The summed E-state index contributed by atoms with van der Waals surface area (Å²) in [7, 11) is 0. The number of carboxylic acid groups (broad SMARTS) is 1. The van der Waals surface area contributed by atoms with Crippen molar-refractivity contribution in [3.8, 4) is 16.9 Å². The van der Waals surface area contributed by atoms with E-state index in [0.29, 0.717) is 0 Å². The minimum Gasteiger partial charge on any atom is -0.478 e. The second-order valence-electron chi connectivity index (χ2n) is 5.25. The van der Waals surface area contributed by atoms with Crippen molar-refractivity contribution < 1.29 is 9.90 Å². The van der Waals surface area contributed by atoms with Gasteiger partial charge in [0.25, 0.3) is 0 Å². The van der Waals surface area contributed by atoms with Crippen LogP contribution in [0.1, 0.15) is 11.1 Å². The number of carbonyl (C=O) groups is 1. The van der Waals surface area contributed by atoms with Gasteiger partial charge in [-0.15, -0.1) is 0 Å². The number of carboxylic acids is 1. The van der Waals surface area contributed by atoms with Gasteiger partial charge in [0, 0.05) is 23.4 Å². The van der Waals surface area contributed by atoms with Gasteiger partial charge in [-0.3, -0.25) is 0 Å². The molecule has 0 aliphatic carbocycles. The predicted molar refractivity (Wildman–Crippen MR) is 90.4 cm³/mol. The summed E-state index contributed by atoms with van der Waals surface area (Å²) in [6.45, 7) is 2.02. The first-order valence-electron chi connectivity index (χ1n) is 7.26. The van der Waals surface area contributed by atoms with Crippen LogP contribution in [0.4, 0.5) is 0 Å². The van der Waals surface area contributed by atoms with Gasteiger partial charge in [-0.05, 0) is 31.2 Å². The standard InChI is InChI=1S/C19H16N2O2/c1-14-6-5-7-15(12-14)19-16(10-11-18(22)23)13-21(20-19)17-8-3-2-4-9-17/h2-13H,1H3,(H,22,23)/b11-10+. The molecule has 0 saturated carbocycles. The average Bonchev–Trinajstić information content (AvgIpc) is 2.98. The molecule has 0 aliphatic heterocycles. The molecule has 3 aromatic rings. The molecule has 23 heavy (non-hydrogen) atoms. The Labute approximate surface area is 134 Å². The highest BCUT2D eigenvalue weighted by molar-refractivity contribution is 5.87. The van der Waals surface area contributed by atoms with Gasteiger partial charge in [0.15, 0.2) is 0 Å². The maximum absolute atomic E-state index is 10.8.